The highest BCUT2D eigenvalue weighted by Gasteiger charge is 2.11. The lowest BCUT2D eigenvalue weighted by molar-refractivity contribution is -0.118. The maximum atomic E-state index is 11.7. The summed E-state index contributed by atoms with van der Waals surface area (Å²) in [5, 5.41) is 5.75. The molecule has 0 saturated carbocycles. The molecule has 124 valence electrons. The van der Waals surface area contributed by atoms with E-state index < -0.39 is 0 Å². The van der Waals surface area contributed by atoms with Crippen molar-refractivity contribution in [3.63, 3.8) is 0 Å². The number of hydrogen-bond donors (Lipinski definition) is 1. The zero-order valence-corrected chi connectivity index (χ0v) is 14.7. The molecule has 2 heterocycles. The van der Waals surface area contributed by atoms with Crippen molar-refractivity contribution >= 4 is 33.1 Å². The van der Waals surface area contributed by atoms with Gasteiger partial charge in [0.2, 0.25) is 11.8 Å². The number of nitrogens with zero attached hydrogens (tertiary/aromatic N) is 2. The van der Waals surface area contributed by atoms with Gasteiger partial charge in [-0.1, -0.05) is 20.8 Å². The molecule has 1 amide bonds. The van der Waals surface area contributed by atoms with E-state index in [-0.39, 0.29) is 11.8 Å². The van der Waals surface area contributed by atoms with Crippen LogP contribution in [-0.4, -0.2) is 15.9 Å². The molecule has 3 aromatic rings. The summed E-state index contributed by atoms with van der Waals surface area (Å²) in [5.41, 5.74) is 0.749. The molecule has 0 aliphatic rings. The second-order valence-corrected chi connectivity index (χ2v) is 6.60. The predicted octanol–water partition coefficient (Wildman–Crippen LogP) is 4.64. The summed E-state index contributed by atoms with van der Waals surface area (Å²) < 4.78 is 5.94. The fraction of sp³-hybridized carbons (Fsp3) is 0.278. The zero-order valence-electron chi connectivity index (χ0n) is 13.9. The number of benzene rings is 1. The maximum absolute atomic E-state index is 11.7. The van der Waals surface area contributed by atoms with E-state index in [1.165, 1.54) is 0 Å². The first-order valence-electron chi connectivity index (χ1n) is 7.89. The van der Waals surface area contributed by atoms with Crippen molar-refractivity contribution in [1.82, 2.24) is 9.97 Å². The third kappa shape index (κ3) is 3.54. The van der Waals surface area contributed by atoms with Crippen molar-refractivity contribution < 1.29 is 9.53 Å². The van der Waals surface area contributed by atoms with Crippen LogP contribution in [0.2, 0.25) is 0 Å². The lowest BCUT2D eigenvalue weighted by Crippen LogP contribution is -2.17. The second kappa shape index (κ2) is 6.97. The number of aromatic nitrogens is 2. The van der Waals surface area contributed by atoms with E-state index in [0.29, 0.717) is 11.6 Å². The Hall–Kier alpha value is -2.47. The van der Waals surface area contributed by atoms with Gasteiger partial charge in [-0.2, -0.15) is 4.98 Å². The number of anilines is 1. The molecule has 0 radical (unpaired) electrons. The molecule has 1 N–H and O–H groups in total. The number of hydrogen-bond acceptors (Lipinski definition) is 5. The van der Waals surface area contributed by atoms with Crippen LogP contribution in [0.1, 0.15) is 26.6 Å². The van der Waals surface area contributed by atoms with Crippen LogP contribution in [0.15, 0.2) is 35.7 Å². The van der Waals surface area contributed by atoms with Crippen molar-refractivity contribution in [3.05, 3.63) is 41.5 Å². The minimum atomic E-state index is -0.0544. The zero-order chi connectivity index (χ0) is 17.1. The predicted molar refractivity (Wildman–Crippen MR) is 96.8 cm³/mol. The average Bonchev–Trinajstić information content (AvgIpc) is 3.05. The third-order valence-corrected chi connectivity index (χ3v) is 4.32. The molecule has 0 bridgehead atoms. The molecule has 5 nitrogen and oxygen atoms in total. The van der Waals surface area contributed by atoms with Crippen LogP contribution in [0.5, 0.6) is 11.6 Å². The molecule has 0 saturated heterocycles. The van der Waals surface area contributed by atoms with Crippen LogP contribution in [0.3, 0.4) is 0 Å². The molecule has 0 spiro atoms. The molecule has 6 heteroatoms. The highest BCUT2D eigenvalue weighted by molar-refractivity contribution is 7.16. The summed E-state index contributed by atoms with van der Waals surface area (Å²) in [6.45, 7) is 5.74. The van der Waals surface area contributed by atoms with Gasteiger partial charge in [-0.3, -0.25) is 4.79 Å². The smallest absolute Gasteiger partial charge is 0.231 e. The van der Waals surface area contributed by atoms with E-state index in [2.05, 4.69) is 15.3 Å². The van der Waals surface area contributed by atoms with Gasteiger partial charge < -0.3 is 10.1 Å². The molecule has 1 aromatic carbocycles. The van der Waals surface area contributed by atoms with Crippen molar-refractivity contribution in [3.8, 4) is 11.6 Å². The van der Waals surface area contributed by atoms with Crippen LogP contribution in [-0.2, 0) is 11.2 Å². The van der Waals surface area contributed by atoms with Gasteiger partial charge in [-0.05, 0) is 35.7 Å². The van der Waals surface area contributed by atoms with E-state index in [4.69, 9.17) is 4.74 Å². The second-order valence-electron chi connectivity index (χ2n) is 5.71. The van der Waals surface area contributed by atoms with Crippen LogP contribution >= 0.6 is 11.3 Å². The Kier molecular flexibility index (Phi) is 4.76. The van der Waals surface area contributed by atoms with Crippen molar-refractivity contribution in [2.24, 2.45) is 5.92 Å². The fourth-order valence-electron chi connectivity index (χ4n) is 2.11. The Morgan fingerprint density at radius 3 is 2.62 bits per heavy atom. The Balaban J connectivity index is 1.81. The first kappa shape index (κ1) is 16.4. The van der Waals surface area contributed by atoms with Crippen LogP contribution in [0, 0.1) is 5.92 Å². The third-order valence-electron chi connectivity index (χ3n) is 3.51. The number of carbonyl (C=O) groups is 1. The van der Waals surface area contributed by atoms with Gasteiger partial charge in [0.05, 0.1) is 5.39 Å². The maximum Gasteiger partial charge on any atom is 0.231 e. The van der Waals surface area contributed by atoms with Gasteiger partial charge in [-0.15, -0.1) is 11.3 Å². The van der Waals surface area contributed by atoms with Gasteiger partial charge in [0.25, 0.3) is 0 Å². The number of thiophene rings is 1. The van der Waals surface area contributed by atoms with Crippen LogP contribution < -0.4 is 10.1 Å². The SMILES string of the molecule is CCc1nc(Oc2ccc(NC(=O)C(C)C)cc2)c2ccsc2n1. The minimum absolute atomic E-state index is 0.00737. The molecule has 2 aromatic heterocycles. The summed E-state index contributed by atoms with van der Waals surface area (Å²) in [6.07, 6.45) is 0.754. The topological polar surface area (TPSA) is 64.1 Å². The molecule has 0 atom stereocenters. The van der Waals surface area contributed by atoms with E-state index in [9.17, 15) is 4.79 Å². The number of fused-ring (bicyclic) bond motifs is 1. The summed E-state index contributed by atoms with van der Waals surface area (Å²) in [6, 6.07) is 9.25. The minimum Gasteiger partial charge on any atom is -0.438 e. The molecule has 24 heavy (non-hydrogen) atoms. The fourth-order valence-corrected chi connectivity index (χ4v) is 2.88. The van der Waals surface area contributed by atoms with E-state index in [0.717, 1.165) is 28.1 Å². The van der Waals surface area contributed by atoms with Gasteiger partial charge in [0.1, 0.15) is 16.4 Å². The Morgan fingerprint density at radius 2 is 1.96 bits per heavy atom. The Labute approximate surface area is 144 Å². The quantitative estimate of drug-likeness (QED) is 0.734. The Morgan fingerprint density at radius 1 is 1.21 bits per heavy atom. The van der Waals surface area contributed by atoms with E-state index in [1.807, 2.05) is 56.5 Å². The summed E-state index contributed by atoms with van der Waals surface area (Å²) in [7, 11) is 0. The molecular weight excluding hydrogens is 322 g/mol. The van der Waals surface area contributed by atoms with E-state index in [1.54, 1.807) is 11.3 Å². The molecule has 0 aliphatic carbocycles. The van der Waals surface area contributed by atoms with Crippen LogP contribution in [0.25, 0.3) is 10.2 Å². The molecule has 0 fully saturated rings. The number of ether oxygens (including phenoxy) is 1. The van der Waals surface area contributed by atoms with E-state index >= 15 is 0 Å². The number of amides is 1. The van der Waals surface area contributed by atoms with Gasteiger partial charge in [0, 0.05) is 18.0 Å². The summed E-state index contributed by atoms with van der Waals surface area (Å²) >= 11 is 1.57. The summed E-state index contributed by atoms with van der Waals surface area (Å²) in [4.78, 5) is 21.6. The average molecular weight is 341 g/mol. The number of nitrogens with one attached hydrogen (secondary N) is 1. The Bertz CT molecular complexity index is 856. The molecule has 3 rings (SSSR count). The van der Waals surface area contributed by atoms with Gasteiger partial charge in [-0.25, -0.2) is 4.98 Å². The van der Waals surface area contributed by atoms with Crippen molar-refractivity contribution in [2.45, 2.75) is 27.2 Å². The van der Waals surface area contributed by atoms with Gasteiger partial charge in [0.15, 0.2) is 0 Å². The normalized spacial score (nSPS) is 11.0. The summed E-state index contributed by atoms with van der Waals surface area (Å²) in [5.74, 6) is 1.94. The monoisotopic (exact) mass is 341 g/mol. The highest BCUT2D eigenvalue weighted by Crippen LogP contribution is 2.31. The van der Waals surface area contributed by atoms with Crippen LogP contribution in [0.4, 0.5) is 5.69 Å². The lowest BCUT2D eigenvalue weighted by Gasteiger charge is -2.10. The standard InChI is InChI=1S/C18H19N3O2S/c1-4-15-20-17(14-9-10-24-18(14)21-15)23-13-7-5-12(6-8-13)19-16(22)11(2)3/h5-11H,4H2,1-3H3,(H,19,22). The number of aryl methyl sites for hydroxylation is 1. The van der Waals surface area contributed by atoms with Crippen molar-refractivity contribution in [2.75, 3.05) is 5.32 Å². The lowest BCUT2D eigenvalue weighted by atomic mass is 10.2. The largest absolute Gasteiger partial charge is 0.438 e. The number of rotatable bonds is 5. The molecule has 0 unspecified atom stereocenters. The molecule has 0 aliphatic heterocycles. The highest BCUT2D eigenvalue weighted by atomic mass is 32.1. The first-order chi connectivity index (χ1) is 11.6. The molecular formula is C18H19N3O2S. The van der Waals surface area contributed by atoms with Crippen molar-refractivity contribution in [1.29, 1.82) is 0 Å². The van der Waals surface area contributed by atoms with Gasteiger partial charge >= 0.3 is 0 Å². The number of carbonyl (C=O) groups excluding carboxylic acids is 1. The first-order valence-corrected chi connectivity index (χ1v) is 8.77.